The van der Waals surface area contributed by atoms with E-state index < -0.39 is 0 Å². The number of nitrogens with zero attached hydrogens (tertiary/aromatic N) is 1. The number of H-pyrrole nitrogens is 1. The lowest BCUT2D eigenvalue weighted by molar-refractivity contribution is 0.591. The van der Waals surface area contributed by atoms with Crippen molar-refractivity contribution in [3.8, 4) is 0 Å². The Bertz CT molecular complexity index is 633. The van der Waals surface area contributed by atoms with Gasteiger partial charge >= 0.3 is 0 Å². The van der Waals surface area contributed by atoms with Crippen LogP contribution in [0.5, 0.6) is 0 Å². The summed E-state index contributed by atoms with van der Waals surface area (Å²) in [6, 6.07) is 6.04. The third kappa shape index (κ3) is 2.17. The summed E-state index contributed by atoms with van der Waals surface area (Å²) >= 11 is 0. The topological polar surface area (TPSA) is 45.8 Å². The number of hydrogen-bond acceptors (Lipinski definition) is 2. The van der Waals surface area contributed by atoms with Crippen LogP contribution in [0.1, 0.15) is 51.8 Å². The van der Waals surface area contributed by atoms with Gasteiger partial charge < -0.3 is 0 Å². The minimum absolute atomic E-state index is 0.0744. The van der Waals surface area contributed by atoms with E-state index in [9.17, 15) is 4.79 Å². The van der Waals surface area contributed by atoms with Crippen LogP contribution in [0.4, 0.5) is 0 Å². The second-order valence-corrected chi connectivity index (χ2v) is 6.10. The van der Waals surface area contributed by atoms with E-state index >= 15 is 0 Å². The molecule has 0 saturated heterocycles. The number of hydrogen-bond donors (Lipinski definition) is 1. The average molecular weight is 244 g/mol. The maximum Gasteiger partial charge on any atom is 0.272 e. The number of benzene rings is 1. The molecule has 0 aliphatic rings. The van der Waals surface area contributed by atoms with Gasteiger partial charge in [0.05, 0.1) is 11.1 Å². The smallest absolute Gasteiger partial charge is 0.267 e. The number of aromatic nitrogens is 2. The Kier molecular flexibility index (Phi) is 3.01. The molecule has 0 aliphatic carbocycles. The zero-order valence-electron chi connectivity index (χ0n) is 11.7. The summed E-state index contributed by atoms with van der Waals surface area (Å²) in [5.41, 5.74) is 2.14. The van der Waals surface area contributed by atoms with E-state index in [0.717, 1.165) is 16.5 Å². The van der Waals surface area contributed by atoms with Crippen molar-refractivity contribution in [2.24, 2.45) is 0 Å². The van der Waals surface area contributed by atoms with Crippen LogP contribution >= 0.6 is 0 Å². The fourth-order valence-electron chi connectivity index (χ4n) is 2.09. The normalized spacial score (nSPS) is 12.3. The van der Waals surface area contributed by atoms with Gasteiger partial charge in [0.15, 0.2) is 0 Å². The van der Waals surface area contributed by atoms with E-state index in [0.29, 0.717) is 5.92 Å². The summed E-state index contributed by atoms with van der Waals surface area (Å²) in [7, 11) is 0. The van der Waals surface area contributed by atoms with Gasteiger partial charge in [-0.2, -0.15) is 5.10 Å². The van der Waals surface area contributed by atoms with E-state index in [-0.39, 0.29) is 11.0 Å². The van der Waals surface area contributed by atoms with E-state index in [2.05, 4.69) is 50.9 Å². The Morgan fingerprint density at radius 1 is 1.17 bits per heavy atom. The highest BCUT2D eigenvalue weighted by Gasteiger charge is 2.16. The van der Waals surface area contributed by atoms with Gasteiger partial charge in [0.2, 0.25) is 0 Å². The zero-order valence-corrected chi connectivity index (χ0v) is 11.7. The minimum Gasteiger partial charge on any atom is -0.267 e. The van der Waals surface area contributed by atoms with Crippen LogP contribution in [0, 0.1) is 0 Å². The zero-order chi connectivity index (χ0) is 13.5. The quantitative estimate of drug-likeness (QED) is 0.836. The second kappa shape index (κ2) is 4.23. The Morgan fingerprint density at radius 2 is 1.83 bits per heavy atom. The highest BCUT2D eigenvalue weighted by atomic mass is 16.1. The fraction of sp³-hybridized carbons (Fsp3) is 0.467. The van der Waals surface area contributed by atoms with Crippen molar-refractivity contribution >= 4 is 10.8 Å². The minimum atomic E-state index is -0.116. The van der Waals surface area contributed by atoms with Crippen molar-refractivity contribution in [2.45, 2.75) is 46.0 Å². The molecule has 18 heavy (non-hydrogen) atoms. The summed E-state index contributed by atoms with van der Waals surface area (Å²) < 4.78 is 0. The van der Waals surface area contributed by atoms with Gasteiger partial charge in [-0.25, -0.2) is 5.10 Å². The molecule has 0 atom stereocenters. The Balaban J connectivity index is 2.82. The molecule has 1 heterocycles. The predicted octanol–water partition coefficient (Wildman–Crippen LogP) is 3.34. The first-order valence-corrected chi connectivity index (χ1v) is 6.33. The van der Waals surface area contributed by atoms with Crippen molar-refractivity contribution in [1.29, 1.82) is 0 Å². The van der Waals surface area contributed by atoms with Crippen molar-refractivity contribution < 1.29 is 0 Å². The van der Waals surface area contributed by atoms with Crippen LogP contribution in [0.2, 0.25) is 0 Å². The van der Waals surface area contributed by atoms with Crippen molar-refractivity contribution in [1.82, 2.24) is 10.2 Å². The van der Waals surface area contributed by atoms with Gasteiger partial charge in [-0.15, -0.1) is 0 Å². The Labute approximate surface area is 107 Å². The first-order chi connectivity index (χ1) is 8.30. The van der Waals surface area contributed by atoms with Gasteiger partial charge in [0, 0.05) is 5.39 Å². The lowest BCUT2D eigenvalue weighted by atomic mass is 9.85. The average Bonchev–Trinajstić information content (AvgIpc) is 2.27. The molecular formula is C15H20N2O. The first-order valence-electron chi connectivity index (χ1n) is 6.33. The van der Waals surface area contributed by atoms with Crippen LogP contribution in [0.25, 0.3) is 10.8 Å². The molecule has 0 radical (unpaired) electrons. The second-order valence-electron chi connectivity index (χ2n) is 6.10. The summed E-state index contributed by atoms with van der Waals surface area (Å²) in [4.78, 5) is 11.8. The van der Waals surface area contributed by atoms with Crippen LogP contribution in [0.3, 0.4) is 0 Å². The monoisotopic (exact) mass is 244 g/mol. The maximum absolute atomic E-state index is 11.8. The lowest BCUT2D eigenvalue weighted by Crippen LogP contribution is -2.15. The molecule has 1 aromatic heterocycles. The van der Waals surface area contributed by atoms with Crippen LogP contribution in [-0.4, -0.2) is 10.2 Å². The molecular weight excluding hydrogens is 224 g/mol. The number of rotatable bonds is 1. The Hall–Kier alpha value is -1.64. The molecule has 1 aromatic carbocycles. The van der Waals surface area contributed by atoms with Gasteiger partial charge in [-0.05, 0) is 29.0 Å². The number of fused-ring (bicyclic) bond motifs is 1. The van der Waals surface area contributed by atoms with Crippen molar-refractivity contribution in [3.63, 3.8) is 0 Å². The molecule has 2 rings (SSSR count). The third-order valence-electron chi connectivity index (χ3n) is 3.23. The lowest BCUT2D eigenvalue weighted by Gasteiger charge is -2.20. The molecule has 1 N–H and O–H groups in total. The van der Waals surface area contributed by atoms with Crippen LogP contribution in [-0.2, 0) is 5.41 Å². The predicted molar refractivity (Wildman–Crippen MR) is 75.2 cm³/mol. The highest BCUT2D eigenvalue weighted by molar-refractivity contribution is 5.84. The molecule has 2 aromatic rings. The van der Waals surface area contributed by atoms with E-state index in [4.69, 9.17) is 0 Å². The number of aromatic amines is 1. The summed E-state index contributed by atoms with van der Waals surface area (Å²) in [6.45, 7) is 10.7. The molecule has 3 nitrogen and oxygen atoms in total. The molecule has 0 spiro atoms. The first kappa shape index (κ1) is 12.8. The standard InChI is InChI=1S/C15H20N2O/c1-9(2)13-12-8-10(15(3,4)5)6-7-11(12)14(18)17-16-13/h6-9H,1-5H3,(H,17,18). The van der Waals surface area contributed by atoms with Gasteiger partial charge in [0.25, 0.3) is 5.56 Å². The largest absolute Gasteiger partial charge is 0.272 e. The molecule has 0 saturated carbocycles. The molecule has 0 aliphatic heterocycles. The van der Waals surface area contributed by atoms with E-state index in [1.807, 2.05) is 12.1 Å². The van der Waals surface area contributed by atoms with Crippen molar-refractivity contribution in [3.05, 3.63) is 39.8 Å². The number of nitrogens with one attached hydrogen (secondary N) is 1. The Morgan fingerprint density at radius 3 is 2.39 bits per heavy atom. The summed E-state index contributed by atoms with van der Waals surface area (Å²) in [5, 5.41) is 8.47. The summed E-state index contributed by atoms with van der Waals surface area (Å²) in [6.07, 6.45) is 0. The van der Waals surface area contributed by atoms with Crippen LogP contribution in [0.15, 0.2) is 23.0 Å². The summed E-state index contributed by atoms with van der Waals surface area (Å²) in [5.74, 6) is 0.291. The molecule has 0 unspecified atom stereocenters. The maximum atomic E-state index is 11.8. The van der Waals surface area contributed by atoms with Crippen molar-refractivity contribution in [2.75, 3.05) is 0 Å². The van der Waals surface area contributed by atoms with Gasteiger partial charge in [-0.3, -0.25) is 4.79 Å². The fourth-order valence-corrected chi connectivity index (χ4v) is 2.09. The van der Waals surface area contributed by atoms with Gasteiger partial charge in [0.1, 0.15) is 0 Å². The van der Waals surface area contributed by atoms with E-state index in [1.54, 1.807) is 0 Å². The third-order valence-corrected chi connectivity index (χ3v) is 3.23. The molecule has 0 bridgehead atoms. The molecule has 0 amide bonds. The van der Waals surface area contributed by atoms with Crippen LogP contribution < -0.4 is 5.56 Å². The molecule has 96 valence electrons. The SMILES string of the molecule is CC(C)c1n[nH]c(=O)c2ccc(C(C)(C)C)cc12. The van der Waals surface area contributed by atoms with Gasteiger partial charge in [-0.1, -0.05) is 40.7 Å². The molecule has 0 fully saturated rings. The molecule has 3 heteroatoms. The van der Waals surface area contributed by atoms with E-state index in [1.165, 1.54) is 5.56 Å². The highest BCUT2D eigenvalue weighted by Crippen LogP contribution is 2.27.